The Morgan fingerprint density at radius 1 is 1.50 bits per heavy atom. The average Bonchev–Trinajstić information content (AvgIpc) is 2.15. The van der Waals surface area contributed by atoms with E-state index in [1.165, 1.54) is 4.68 Å². The van der Waals surface area contributed by atoms with Crippen LogP contribution in [0.25, 0.3) is 0 Å². The molecule has 5 heteroatoms. The predicted molar refractivity (Wildman–Crippen MR) is 34.6 cm³/mol. The van der Waals surface area contributed by atoms with Crippen molar-refractivity contribution in [3.05, 3.63) is 0 Å². The molecule has 5 nitrogen and oxygen atoms in total. The van der Waals surface area contributed by atoms with Crippen LogP contribution in [0.3, 0.4) is 0 Å². The summed E-state index contributed by atoms with van der Waals surface area (Å²) >= 11 is 0. The van der Waals surface area contributed by atoms with Gasteiger partial charge >= 0.3 is 6.01 Å². The lowest BCUT2D eigenvalue weighted by Crippen LogP contribution is -2.09. The normalized spacial score (nSPS) is 10.4. The smallest absolute Gasteiger partial charge is 0.335 e. The molecule has 0 radical (unpaired) electrons. The maximum atomic E-state index is 5.21. The van der Waals surface area contributed by atoms with Crippen LogP contribution in [0.1, 0.15) is 13.8 Å². The minimum absolute atomic E-state index is 0.115. The van der Waals surface area contributed by atoms with Crippen LogP contribution >= 0.6 is 0 Å². The van der Waals surface area contributed by atoms with E-state index in [-0.39, 0.29) is 6.10 Å². The zero-order valence-corrected chi connectivity index (χ0v) is 6.27. The molecule has 0 aliphatic heterocycles. The van der Waals surface area contributed by atoms with E-state index < -0.39 is 0 Å². The van der Waals surface area contributed by atoms with E-state index in [1.807, 2.05) is 13.8 Å². The van der Waals surface area contributed by atoms with Gasteiger partial charge in [0.2, 0.25) is 0 Å². The highest BCUT2D eigenvalue weighted by Crippen LogP contribution is 2.01. The summed E-state index contributed by atoms with van der Waals surface area (Å²) in [5, 5.41) is 10.6. The lowest BCUT2D eigenvalue weighted by atomic mass is 10.5. The lowest BCUT2D eigenvalue weighted by Gasteiger charge is -2.04. The van der Waals surface area contributed by atoms with Crippen LogP contribution in [0, 0.1) is 0 Å². The lowest BCUT2D eigenvalue weighted by molar-refractivity contribution is 0.212. The summed E-state index contributed by atoms with van der Waals surface area (Å²) in [6.45, 7) is 3.85. The van der Waals surface area contributed by atoms with E-state index >= 15 is 0 Å². The highest BCUT2D eigenvalue weighted by atomic mass is 16.5. The van der Waals surface area contributed by atoms with Crippen molar-refractivity contribution in [1.29, 1.82) is 0 Å². The molecule has 0 saturated carbocycles. The van der Waals surface area contributed by atoms with Crippen LogP contribution in [-0.4, -0.2) is 26.3 Å². The first-order valence-corrected chi connectivity index (χ1v) is 3.09. The van der Waals surface area contributed by atoms with Crippen molar-refractivity contribution in [3.63, 3.8) is 0 Å². The maximum Gasteiger partial charge on any atom is 0.335 e. The number of hydrogen-bond donors (Lipinski definition) is 0. The van der Waals surface area contributed by atoms with Crippen LogP contribution in [-0.2, 0) is 7.05 Å². The molecule has 0 saturated heterocycles. The van der Waals surface area contributed by atoms with E-state index in [0.29, 0.717) is 6.01 Å². The van der Waals surface area contributed by atoms with Crippen LogP contribution in [0.2, 0.25) is 0 Å². The first-order valence-electron chi connectivity index (χ1n) is 3.09. The molecular weight excluding hydrogens is 132 g/mol. The molecule has 56 valence electrons. The van der Waals surface area contributed by atoms with Crippen LogP contribution in [0.4, 0.5) is 0 Å². The summed E-state index contributed by atoms with van der Waals surface area (Å²) in [4.78, 5) is 0. The third kappa shape index (κ3) is 1.43. The second kappa shape index (κ2) is 2.64. The monoisotopic (exact) mass is 142 g/mol. The Balaban J connectivity index is 2.65. The highest BCUT2D eigenvalue weighted by Gasteiger charge is 2.03. The Hall–Kier alpha value is -1.13. The molecule has 0 atom stereocenters. The minimum Gasteiger partial charge on any atom is -0.460 e. The molecule has 1 heterocycles. The Kier molecular flexibility index (Phi) is 1.84. The second-order valence-corrected chi connectivity index (χ2v) is 2.25. The number of ether oxygens (including phenoxy) is 1. The third-order valence-electron chi connectivity index (χ3n) is 0.922. The number of hydrogen-bond acceptors (Lipinski definition) is 4. The number of tetrazole rings is 1. The average molecular weight is 142 g/mol. The summed E-state index contributed by atoms with van der Waals surface area (Å²) in [5.74, 6) is 0. The van der Waals surface area contributed by atoms with E-state index in [9.17, 15) is 0 Å². The van der Waals surface area contributed by atoms with Gasteiger partial charge in [0, 0.05) is 7.05 Å². The quantitative estimate of drug-likeness (QED) is 0.583. The maximum absolute atomic E-state index is 5.21. The van der Waals surface area contributed by atoms with E-state index in [4.69, 9.17) is 4.74 Å². The molecule has 10 heavy (non-hydrogen) atoms. The molecule has 0 aliphatic carbocycles. The Morgan fingerprint density at radius 2 is 2.20 bits per heavy atom. The van der Waals surface area contributed by atoms with Gasteiger partial charge in [-0.1, -0.05) is 5.10 Å². The summed E-state index contributed by atoms with van der Waals surface area (Å²) in [5.41, 5.74) is 0. The van der Waals surface area contributed by atoms with Gasteiger partial charge in [0.15, 0.2) is 0 Å². The molecule has 1 aromatic rings. The number of aromatic nitrogens is 4. The van der Waals surface area contributed by atoms with Gasteiger partial charge in [-0.3, -0.25) is 0 Å². The molecule has 0 aromatic carbocycles. The fourth-order valence-electron chi connectivity index (χ4n) is 0.532. The molecule has 0 spiro atoms. The highest BCUT2D eigenvalue weighted by molar-refractivity contribution is 4.85. The van der Waals surface area contributed by atoms with E-state index in [1.54, 1.807) is 7.05 Å². The molecule has 0 unspecified atom stereocenters. The van der Waals surface area contributed by atoms with Gasteiger partial charge in [0.05, 0.1) is 6.10 Å². The van der Waals surface area contributed by atoms with Gasteiger partial charge in [-0.15, -0.1) is 0 Å². The van der Waals surface area contributed by atoms with Crippen molar-refractivity contribution in [1.82, 2.24) is 20.2 Å². The van der Waals surface area contributed by atoms with Gasteiger partial charge in [-0.25, -0.2) is 0 Å². The molecule has 0 aliphatic rings. The molecule has 0 N–H and O–H groups in total. The first-order chi connectivity index (χ1) is 4.70. The predicted octanol–water partition coefficient (Wildman–Crippen LogP) is -0.00270. The number of aryl methyl sites for hydroxylation is 1. The molecule has 0 bridgehead atoms. The fourth-order valence-corrected chi connectivity index (χ4v) is 0.532. The molecule has 0 amide bonds. The van der Waals surface area contributed by atoms with Crippen molar-refractivity contribution in [3.8, 4) is 6.01 Å². The van der Waals surface area contributed by atoms with E-state index in [0.717, 1.165) is 0 Å². The molecular formula is C5H10N4O. The van der Waals surface area contributed by atoms with Gasteiger partial charge < -0.3 is 4.74 Å². The topological polar surface area (TPSA) is 52.8 Å². The van der Waals surface area contributed by atoms with Crippen LogP contribution < -0.4 is 4.74 Å². The van der Waals surface area contributed by atoms with Crippen molar-refractivity contribution >= 4 is 0 Å². The number of rotatable bonds is 2. The molecule has 0 fully saturated rings. The van der Waals surface area contributed by atoms with Crippen molar-refractivity contribution in [2.24, 2.45) is 7.05 Å². The summed E-state index contributed by atoms with van der Waals surface area (Å²) < 4.78 is 6.70. The summed E-state index contributed by atoms with van der Waals surface area (Å²) in [6.07, 6.45) is 0.115. The summed E-state index contributed by atoms with van der Waals surface area (Å²) in [6, 6.07) is 0.454. The van der Waals surface area contributed by atoms with Crippen LogP contribution in [0.15, 0.2) is 0 Å². The van der Waals surface area contributed by atoms with Gasteiger partial charge in [0.25, 0.3) is 0 Å². The van der Waals surface area contributed by atoms with Crippen LogP contribution in [0.5, 0.6) is 6.01 Å². The fraction of sp³-hybridized carbons (Fsp3) is 0.800. The minimum atomic E-state index is 0.115. The number of nitrogens with zero attached hydrogens (tertiary/aromatic N) is 4. The molecule has 1 aromatic heterocycles. The third-order valence-corrected chi connectivity index (χ3v) is 0.922. The van der Waals surface area contributed by atoms with Gasteiger partial charge in [0.1, 0.15) is 0 Å². The standard InChI is InChI=1S/C5H10N4O/c1-4(2)10-5-6-7-8-9(5)3/h4H,1-3H3. The van der Waals surface area contributed by atoms with Gasteiger partial charge in [-0.05, 0) is 24.3 Å². The summed E-state index contributed by atoms with van der Waals surface area (Å²) in [7, 11) is 1.73. The van der Waals surface area contributed by atoms with Crippen molar-refractivity contribution in [2.45, 2.75) is 20.0 Å². The Bertz CT molecular complexity index is 207. The van der Waals surface area contributed by atoms with Gasteiger partial charge in [-0.2, -0.15) is 4.68 Å². The Morgan fingerprint density at radius 3 is 2.60 bits per heavy atom. The first kappa shape index (κ1) is 6.98. The van der Waals surface area contributed by atoms with Crippen molar-refractivity contribution < 1.29 is 4.74 Å². The Labute approximate surface area is 59.0 Å². The van der Waals surface area contributed by atoms with Crippen molar-refractivity contribution in [2.75, 3.05) is 0 Å². The van der Waals surface area contributed by atoms with E-state index in [2.05, 4.69) is 15.5 Å². The zero-order chi connectivity index (χ0) is 7.56. The largest absolute Gasteiger partial charge is 0.460 e. The SMILES string of the molecule is CC(C)Oc1nnnn1C. The molecule has 1 rings (SSSR count). The zero-order valence-electron chi connectivity index (χ0n) is 6.27. The second-order valence-electron chi connectivity index (χ2n) is 2.25.